The number of nitrogens with one attached hydrogen (secondary N) is 2. The summed E-state index contributed by atoms with van der Waals surface area (Å²) in [5.74, 6) is -0.126. The number of aliphatic hydroxyl groups is 1. The van der Waals surface area contributed by atoms with Crippen molar-refractivity contribution in [1.29, 1.82) is 0 Å². The Morgan fingerprint density at radius 3 is 2.62 bits per heavy atom. The average Bonchev–Trinajstić information content (AvgIpc) is 3.44. The quantitative estimate of drug-likeness (QED) is 0.595. The van der Waals surface area contributed by atoms with E-state index >= 15 is 0 Å². The molecule has 2 rings (SSSR count). The first-order chi connectivity index (χ1) is 12.4. The Bertz CT molecular complexity index is 625. The third-order valence-corrected chi connectivity index (χ3v) is 4.78. The molecule has 1 fully saturated rings. The molecule has 1 unspecified atom stereocenters. The van der Waals surface area contributed by atoms with E-state index in [9.17, 15) is 14.7 Å². The monoisotopic (exact) mass is 361 g/mol. The van der Waals surface area contributed by atoms with Crippen molar-refractivity contribution in [1.82, 2.24) is 10.2 Å². The van der Waals surface area contributed by atoms with Gasteiger partial charge in [-0.05, 0) is 50.3 Å². The molecular formula is C20H31N3O3. The van der Waals surface area contributed by atoms with Gasteiger partial charge in [-0.25, -0.2) is 0 Å². The highest BCUT2D eigenvalue weighted by Crippen LogP contribution is 2.27. The number of amides is 2. The molecule has 0 bridgehead atoms. The molecule has 0 heterocycles. The summed E-state index contributed by atoms with van der Waals surface area (Å²) in [6.07, 6.45) is 3.19. The molecule has 1 saturated carbocycles. The van der Waals surface area contributed by atoms with Crippen molar-refractivity contribution in [2.45, 2.75) is 58.5 Å². The predicted molar refractivity (Wildman–Crippen MR) is 103 cm³/mol. The lowest BCUT2D eigenvalue weighted by Crippen LogP contribution is -2.41. The van der Waals surface area contributed by atoms with Crippen molar-refractivity contribution >= 4 is 17.5 Å². The molecule has 0 radical (unpaired) electrons. The first-order valence-corrected chi connectivity index (χ1v) is 9.44. The second kappa shape index (κ2) is 9.69. The van der Waals surface area contributed by atoms with Gasteiger partial charge in [0.25, 0.3) is 0 Å². The van der Waals surface area contributed by atoms with Gasteiger partial charge in [0.15, 0.2) is 0 Å². The van der Waals surface area contributed by atoms with Crippen LogP contribution in [0.2, 0.25) is 0 Å². The maximum absolute atomic E-state index is 12.4. The Labute approximate surface area is 156 Å². The lowest BCUT2D eigenvalue weighted by molar-refractivity contribution is -0.123. The molecule has 1 aliphatic carbocycles. The first-order valence-electron chi connectivity index (χ1n) is 9.44. The summed E-state index contributed by atoms with van der Waals surface area (Å²) in [4.78, 5) is 26.6. The minimum absolute atomic E-state index is 0.0483. The lowest BCUT2D eigenvalue weighted by Gasteiger charge is -2.22. The van der Waals surface area contributed by atoms with Crippen molar-refractivity contribution < 1.29 is 14.7 Å². The van der Waals surface area contributed by atoms with Crippen LogP contribution in [0.25, 0.3) is 0 Å². The molecule has 144 valence electrons. The lowest BCUT2D eigenvalue weighted by atomic mass is 10.1. The predicted octanol–water partition coefficient (Wildman–Crippen LogP) is 1.98. The van der Waals surface area contributed by atoms with Crippen LogP contribution in [0.3, 0.4) is 0 Å². The molecule has 0 aliphatic heterocycles. The highest BCUT2D eigenvalue weighted by molar-refractivity contribution is 5.93. The molecule has 6 heteroatoms. The van der Waals surface area contributed by atoms with E-state index in [2.05, 4.69) is 15.5 Å². The highest BCUT2D eigenvalue weighted by atomic mass is 16.3. The van der Waals surface area contributed by atoms with Crippen LogP contribution in [-0.2, 0) is 9.59 Å². The molecule has 1 aliphatic rings. The van der Waals surface area contributed by atoms with Crippen molar-refractivity contribution in [2.75, 3.05) is 25.0 Å². The fraction of sp³-hybridized carbons (Fsp3) is 0.600. The molecule has 0 aromatic heterocycles. The van der Waals surface area contributed by atoms with Gasteiger partial charge in [-0.15, -0.1) is 0 Å². The number of anilines is 1. The Kier molecular flexibility index (Phi) is 7.60. The number of aryl methyl sites for hydroxylation is 2. The standard InChI is InChI=1S/C20H31N3O3/c1-4-16(13-24)21-19(25)9-10-23(17-7-8-17)12-20(26)22-18-11-14(2)5-6-15(18)3/h5-6,11,16-17,24H,4,7-10,12-13H2,1-3H3,(H,21,25)(H,22,26). The largest absolute Gasteiger partial charge is 0.394 e. The number of benzene rings is 1. The number of hydrogen-bond donors (Lipinski definition) is 3. The zero-order chi connectivity index (χ0) is 19.1. The highest BCUT2D eigenvalue weighted by Gasteiger charge is 2.30. The molecule has 1 atom stereocenters. The third-order valence-electron chi connectivity index (χ3n) is 4.78. The number of nitrogens with zero attached hydrogens (tertiary/aromatic N) is 1. The molecule has 1 aromatic carbocycles. The fourth-order valence-corrected chi connectivity index (χ4v) is 2.90. The number of carbonyl (C=O) groups is 2. The van der Waals surface area contributed by atoms with E-state index in [1.165, 1.54) is 0 Å². The first kappa shape index (κ1) is 20.4. The van der Waals surface area contributed by atoms with E-state index in [-0.39, 0.29) is 24.5 Å². The topological polar surface area (TPSA) is 81.7 Å². The van der Waals surface area contributed by atoms with Crippen molar-refractivity contribution in [3.63, 3.8) is 0 Å². The van der Waals surface area contributed by atoms with Crippen LogP contribution in [0.4, 0.5) is 5.69 Å². The van der Waals surface area contributed by atoms with Crippen LogP contribution in [0, 0.1) is 13.8 Å². The molecule has 0 spiro atoms. The van der Waals surface area contributed by atoms with Crippen LogP contribution in [-0.4, -0.2) is 53.6 Å². The number of rotatable bonds is 10. The van der Waals surface area contributed by atoms with E-state index in [1.807, 2.05) is 39.0 Å². The Hall–Kier alpha value is -1.92. The van der Waals surface area contributed by atoms with Gasteiger partial charge in [-0.2, -0.15) is 0 Å². The minimum Gasteiger partial charge on any atom is -0.394 e. The smallest absolute Gasteiger partial charge is 0.238 e. The summed E-state index contributed by atoms with van der Waals surface area (Å²) in [5.41, 5.74) is 2.99. The maximum atomic E-state index is 12.4. The summed E-state index contributed by atoms with van der Waals surface area (Å²) >= 11 is 0. The van der Waals surface area contributed by atoms with Gasteiger partial charge >= 0.3 is 0 Å². The van der Waals surface area contributed by atoms with Gasteiger partial charge in [-0.3, -0.25) is 14.5 Å². The van der Waals surface area contributed by atoms with Gasteiger partial charge in [-0.1, -0.05) is 19.1 Å². The summed E-state index contributed by atoms with van der Waals surface area (Å²) in [7, 11) is 0. The summed E-state index contributed by atoms with van der Waals surface area (Å²) in [6.45, 7) is 6.70. The van der Waals surface area contributed by atoms with Crippen LogP contribution >= 0.6 is 0 Å². The van der Waals surface area contributed by atoms with E-state index in [4.69, 9.17) is 0 Å². The van der Waals surface area contributed by atoms with Crippen LogP contribution < -0.4 is 10.6 Å². The molecule has 0 saturated heterocycles. The number of aliphatic hydroxyl groups excluding tert-OH is 1. The van der Waals surface area contributed by atoms with Crippen molar-refractivity contribution in [3.8, 4) is 0 Å². The second-order valence-corrected chi connectivity index (χ2v) is 7.17. The summed E-state index contributed by atoms with van der Waals surface area (Å²) < 4.78 is 0. The third kappa shape index (κ3) is 6.42. The van der Waals surface area contributed by atoms with Gasteiger partial charge in [0.05, 0.1) is 19.2 Å². The second-order valence-electron chi connectivity index (χ2n) is 7.17. The Balaban J connectivity index is 1.85. The minimum atomic E-state index is -0.190. The zero-order valence-electron chi connectivity index (χ0n) is 16.0. The summed E-state index contributed by atoms with van der Waals surface area (Å²) in [5, 5.41) is 15.0. The van der Waals surface area contributed by atoms with E-state index in [0.29, 0.717) is 32.0 Å². The van der Waals surface area contributed by atoms with Gasteiger partial charge in [0.2, 0.25) is 11.8 Å². The van der Waals surface area contributed by atoms with E-state index in [0.717, 1.165) is 29.7 Å². The molecule has 26 heavy (non-hydrogen) atoms. The normalized spacial score (nSPS) is 15.0. The molecule has 6 nitrogen and oxygen atoms in total. The van der Waals surface area contributed by atoms with Crippen molar-refractivity contribution in [2.24, 2.45) is 0 Å². The van der Waals surface area contributed by atoms with Gasteiger partial charge in [0.1, 0.15) is 0 Å². The molecule has 1 aromatic rings. The number of hydrogen-bond acceptors (Lipinski definition) is 4. The van der Waals surface area contributed by atoms with E-state index < -0.39 is 0 Å². The number of carbonyl (C=O) groups excluding carboxylic acids is 2. The Morgan fingerprint density at radius 2 is 2.00 bits per heavy atom. The zero-order valence-corrected chi connectivity index (χ0v) is 16.0. The fourth-order valence-electron chi connectivity index (χ4n) is 2.90. The summed E-state index contributed by atoms with van der Waals surface area (Å²) in [6, 6.07) is 6.20. The van der Waals surface area contributed by atoms with Crippen LogP contribution in [0.1, 0.15) is 43.7 Å². The SMILES string of the molecule is CCC(CO)NC(=O)CCN(CC(=O)Nc1cc(C)ccc1C)C1CC1. The van der Waals surface area contributed by atoms with Crippen molar-refractivity contribution in [3.05, 3.63) is 29.3 Å². The molecular weight excluding hydrogens is 330 g/mol. The van der Waals surface area contributed by atoms with Gasteiger partial charge < -0.3 is 15.7 Å². The van der Waals surface area contributed by atoms with Gasteiger partial charge in [0, 0.05) is 24.7 Å². The molecule has 3 N–H and O–H groups in total. The van der Waals surface area contributed by atoms with Crippen LogP contribution in [0.5, 0.6) is 0 Å². The van der Waals surface area contributed by atoms with E-state index in [1.54, 1.807) is 0 Å². The Morgan fingerprint density at radius 1 is 1.27 bits per heavy atom. The molecule has 2 amide bonds. The average molecular weight is 361 g/mol. The van der Waals surface area contributed by atoms with Crippen LogP contribution in [0.15, 0.2) is 18.2 Å². The maximum Gasteiger partial charge on any atom is 0.238 e.